The van der Waals surface area contributed by atoms with Gasteiger partial charge in [0, 0.05) is 33.8 Å². The van der Waals surface area contributed by atoms with Gasteiger partial charge >= 0.3 is 6.03 Å². The second-order valence-corrected chi connectivity index (χ2v) is 6.44. The average Bonchev–Trinajstić information content (AvgIpc) is 3.01. The lowest BCUT2D eigenvalue weighted by Crippen LogP contribution is -2.44. The lowest BCUT2D eigenvalue weighted by atomic mass is 10.1. The van der Waals surface area contributed by atoms with Crippen LogP contribution in [0.4, 0.5) is 14.9 Å². The van der Waals surface area contributed by atoms with Crippen molar-refractivity contribution >= 4 is 17.6 Å². The van der Waals surface area contributed by atoms with Gasteiger partial charge in [-0.1, -0.05) is 18.2 Å². The first-order chi connectivity index (χ1) is 13.6. The molecule has 0 atom stereocenters. The minimum Gasteiger partial charge on any atom is -0.380 e. The van der Waals surface area contributed by atoms with Crippen molar-refractivity contribution in [1.82, 2.24) is 10.4 Å². The third kappa shape index (κ3) is 4.85. The monoisotopic (exact) mass is 391 g/mol. The topological polar surface area (TPSA) is 82.1 Å². The molecule has 1 aliphatic rings. The number of amides is 3. The number of nitrogens with one attached hydrogen (secondary N) is 1. The number of carbonyl (C=O) groups excluding carboxylic acids is 2. The van der Waals surface area contributed by atoms with E-state index < -0.39 is 11.7 Å². The van der Waals surface area contributed by atoms with E-state index in [1.54, 1.807) is 46.8 Å². The Hall–Kier alpha value is -2.97. The number of urea groups is 1. The number of hydrogen-bond donors (Lipinski definition) is 2. The van der Waals surface area contributed by atoms with Crippen molar-refractivity contribution < 1.29 is 26.8 Å². The van der Waals surface area contributed by atoms with Gasteiger partial charge in [-0.05, 0) is 42.3 Å². The molecule has 2 aromatic rings. The van der Waals surface area contributed by atoms with E-state index >= 15 is 0 Å². The molecule has 0 saturated carbocycles. The van der Waals surface area contributed by atoms with Crippen molar-refractivity contribution in [1.29, 1.82) is 0 Å². The Morgan fingerprint density at radius 3 is 2.68 bits per heavy atom. The van der Waals surface area contributed by atoms with Crippen LogP contribution in [0.1, 0.15) is 25.2 Å². The van der Waals surface area contributed by atoms with E-state index in [9.17, 15) is 14.0 Å². The molecule has 3 amide bonds. The maximum atomic E-state index is 13.8. The van der Waals surface area contributed by atoms with Crippen molar-refractivity contribution in [3.05, 3.63) is 65.5 Å². The third-order valence-corrected chi connectivity index (χ3v) is 4.50. The smallest absolute Gasteiger partial charge is 0.324 e. The second-order valence-electron chi connectivity index (χ2n) is 6.44. The maximum Gasteiger partial charge on any atom is 0.324 e. The van der Waals surface area contributed by atoms with Crippen LogP contribution in [0.5, 0.6) is 0 Å². The molecule has 0 aromatic heterocycles. The van der Waals surface area contributed by atoms with Crippen LogP contribution in [0, 0.1) is 5.82 Å². The minimum atomic E-state index is -0.617. The van der Waals surface area contributed by atoms with Crippen LogP contribution < -0.4 is 10.4 Å². The van der Waals surface area contributed by atoms with Crippen LogP contribution in [0.15, 0.2) is 48.5 Å². The van der Waals surface area contributed by atoms with Crippen LogP contribution in [-0.4, -0.2) is 48.3 Å². The summed E-state index contributed by atoms with van der Waals surface area (Å²) in [6.45, 7) is 2.33. The lowest BCUT2D eigenvalue weighted by molar-refractivity contribution is 0.0706. The predicted octanol–water partition coefficient (Wildman–Crippen LogP) is 3.29. The number of hydroxylamine groups is 1. The van der Waals surface area contributed by atoms with Gasteiger partial charge < -0.3 is 9.64 Å². The number of anilines is 1. The zero-order valence-electron chi connectivity index (χ0n) is 15.3. The highest BCUT2D eigenvalue weighted by Gasteiger charge is 2.24. The molecule has 0 spiro atoms. The summed E-state index contributed by atoms with van der Waals surface area (Å²) in [6.07, 6.45) is 0.744. The Morgan fingerprint density at radius 1 is 1.18 bits per heavy atom. The summed E-state index contributed by atoms with van der Waals surface area (Å²) in [6, 6.07) is 12.1. The summed E-state index contributed by atoms with van der Waals surface area (Å²) in [5, 5.41) is 8.71. The quantitative estimate of drug-likeness (QED) is 0.619. The number of nitrogens with zero attached hydrogens (tertiary/aromatic N) is 2. The molecule has 1 fully saturated rings. The van der Waals surface area contributed by atoms with Gasteiger partial charge in [0.1, 0.15) is 5.82 Å². The summed E-state index contributed by atoms with van der Waals surface area (Å²) < 4.78 is 19.2. The van der Waals surface area contributed by atoms with Crippen molar-refractivity contribution in [2.45, 2.75) is 13.0 Å². The van der Waals surface area contributed by atoms with E-state index in [-0.39, 0.29) is 15.4 Å². The molecule has 0 aliphatic carbocycles. The van der Waals surface area contributed by atoms with E-state index in [1.165, 1.54) is 17.0 Å². The van der Waals surface area contributed by atoms with E-state index in [4.69, 9.17) is 9.94 Å². The Labute approximate surface area is 165 Å². The predicted molar refractivity (Wildman–Crippen MR) is 105 cm³/mol. The minimum absolute atomic E-state index is 0. The van der Waals surface area contributed by atoms with Crippen LogP contribution in [-0.2, 0) is 11.3 Å². The number of benzene rings is 2. The fraction of sp³-hybridized carbons (Fsp3) is 0.300. The summed E-state index contributed by atoms with van der Waals surface area (Å²) >= 11 is 0. The number of halogens is 1. The number of hydrogen-bond acceptors (Lipinski definition) is 4. The number of rotatable bonds is 4. The molecule has 28 heavy (non-hydrogen) atoms. The maximum absolute atomic E-state index is 13.8. The standard InChI is InChI=1S/C20H22FN3O4.2H2/c21-17-3-1-4-18(13-17)24(20(26)23-9-2-11-28-12-10-23)14-15-5-7-16(8-6-15)19(25)22-27;;/h1,3-8,13,27H,2,9-12,14H2,(H,22,25);2*1H. The Balaban J connectivity index is 0.00000225. The SMILES string of the molecule is O=C(NO)c1ccc(CN(C(=O)N2CCCOCC2)c2cccc(F)c2)cc1.[HH].[HH]. The van der Waals surface area contributed by atoms with Crippen LogP contribution in [0.25, 0.3) is 0 Å². The summed E-state index contributed by atoms with van der Waals surface area (Å²) in [5.41, 5.74) is 3.08. The molecule has 0 bridgehead atoms. The lowest BCUT2D eigenvalue weighted by Gasteiger charge is -2.30. The Morgan fingerprint density at radius 2 is 1.96 bits per heavy atom. The van der Waals surface area contributed by atoms with Crippen molar-refractivity contribution in [3.63, 3.8) is 0 Å². The molecule has 152 valence electrons. The summed E-state index contributed by atoms with van der Waals surface area (Å²) in [5.74, 6) is -1.04. The molecule has 0 radical (unpaired) electrons. The van der Waals surface area contributed by atoms with Crippen LogP contribution >= 0.6 is 0 Å². The number of ether oxygens (including phenoxy) is 1. The Bertz CT molecular complexity index is 831. The third-order valence-electron chi connectivity index (χ3n) is 4.50. The number of carbonyl (C=O) groups is 2. The van der Waals surface area contributed by atoms with Gasteiger partial charge in [-0.15, -0.1) is 0 Å². The van der Waals surface area contributed by atoms with Gasteiger partial charge in [0.15, 0.2) is 0 Å². The molecule has 3 rings (SSSR count). The van der Waals surface area contributed by atoms with Gasteiger partial charge in [0.2, 0.25) is 0 Å². The molecule has 1 heterocycles. The van der Waals surface area contributed by atoms with E-state index in [2.05, 4.69) is 0 Å². The molecule has 2 aromatic carbocycles. The highest BCUT2D eigenvalue weighted by atomic mass is 19.1. The van der Waals surface area contributed by atoms with Gasteiger partial charge in [-0.3, -0.25) is 14.9 Å². The Kier molecular flexibility index (Phi) is 6.57. The highest BCUT2D eigenvalue weighted by molar-refractivity contribution is 5.93. The zero-order valence-corrected chi connectivity index (χ0v) is 15.3. The van der Waals surface area contributed by atoms with Gasteiger partial charge in [-0.25, -0.2) is 14.7 Å². The van der Waals surface area contributed by atoms with E-state index in [1.807, 2.05) is 0 Å². The largest absolute Gasteiger partial charge is 0.380 e. The van der Waals surface area contributed by atoms with Crippen molar-refractivity contribution in [2.24, 2.45) is 0 Å². The normalized spacial score (nSPS) is 14.3. The first-order valence-corrected chi connectivity index (χ1v) is 9.01. The van der Waals surface area contributed by atoms with Gasteiger partial charge in [-0.2, -0.15) is 0 Å². The van der Waals surface area contributed by atoms with Crippen LogP contribution in [0.2, 0.25) is 0 Å². The van der Waals surface area contributed by atoms with E-state index in [0.717, 1.165) is 12.0 Å². The molecular weight excluding hydrogens is 365 g/mol. The first kappa shape index (κ1) is 19.8. The molecule has 1 saturated heterocycles. The molecule has 2 N–H and O–H groups in total. The molecule has 0 unspecified atom stereocenters. The fourth-order valence-electron chi connectivity index (χ4n) is 3.03. The molecular formula is C20H26FN3O4. The van der Waals surface area contributed by atoms with Crippen molar-refractivity contribution in [2.75, 3.05) is 31.2 Å². The van der Waals surface area contributed by atoms with Crippen molar-refractivity contribution in [3.8, 4) is 0 Å². The highest BCUT2D eigenvalue weighted by Crippen LogP contribution is 2.21. The molecule has 8 heteroatoms. The summed E-state index contributed by atoms with van der Waals surface area (Å²) in [4.78, 5) is 27.8. The van der Waals surface area contributed by atoms with Crippen LogP contribution in [0.3, 0.4) is 0 Å². The zero-order chi connectivity index (χ0) is 19.9. The van der Waals surface area contributed by atoms with E-state index in [0.29, 0.717) is 37.6 Å². The molecule has 1 aliphatic heterocycles. The first-order valence-electron chi connectivity index (χ1n) is 9.01. The van der Waals surface area contributed by atoms with Gasteiger partial charge in [0.05, 0.1) is 13.2 Å². The molecule has 7 nitrogen and oxygen atoms in total. The second kappa shape index (κ2) is 9.29. The average molecular weight is 391 g/mol. The van der Waals surface area contributed by atoms with Gasteiger partial charge in [0.25, 0.3) is 5.91 Å². The fourth-order valence-corrected chi connectivity index (χ4v) is 3.03. The summed E-state index contributed by atoms with van der Waals surface area (Å²) in [7, 11) is 0.